The normalized spacial score (nSPS) is 12.1. The fourth-order valence-electron chi connectivity index (χ4n) is 1.71. The molecule has 1 rings (SSSR count). The van der Waals surface area contributed by atoms with E-state index in [9.17, 15) is 0 Å². The average Bonchev–Trinajstić information content (AvgIpc) is 2.69. The molecular weight excluding hydrogens is 214 g/mol. The number of aromatic nitrogens is 2. The molecular formula is C12H23N5. The lowest BCUT2D eigenvalue weighted by Gasteiger charge is -2.23. The van der Waals surface area contributed by atoms with Crippen molar-refractivity contribution >= 4 is 5.96 Å². The second-order valence-electron chi connectivity index (χ2n) is 4.76. The van der Waals surface area contributed by atoms with Gasteiger partial charge in [0.15, 0.2) is 5.96 Å². The predicted octanol–water partition coefficient (Wildman–Crippen LogP) is 0.998. The van der Waals surface area contributed by atoms with Gasteiger partial charge in [-0.1, -0.05) is 6.92 Å². The van der Waals surface area contributed by atoms with E-state index in [2.05, 4.69) is 17.0 Å². The summed E-state index contributed by atoms with van der Waals surface area (Å²) in [4.78, 5) is 8.69. The molecule has 96 valence electrons. The summed E-state index contributed by atoms with van der Waals surface area (Å²) in [5, 5.41) is 4.20. The van der Waals surface area contributed by atoms with Gasteiger partial charge in [0.25, 0.3) is 0 Å². The second-order valence-corrected chi connectivity index (χ2v) is 4.76. The number of hydrogen-bond donors (Lipinski definition) is 0. The van der Waals surface area contributed by atoms with Crippen molar-refractivity contribution < 1.29 is 0 Å². The van der Waals surface area contributed by atoms with E-state index in [1.807, 2.05) is 54.9 Å². The molecule has 5 nitrogen and oxygen atoms in total. The van der Waals surface area contributed by atoms with Crippen LogP contribution in [-0.4, -0.2) is 60.3 Å². The van der Waals surface area contributed by atoms with Gasteiger partial charge in [-0.25, -0.2) is 0 Å². The van der Waals surface area contributed by atoms with Gasteiger partial charge >= 0.3 is 0 Å². The molecule has 0 fully saturated rings. The zero-order valence-corrected chi connectivity index (χ0v) is 11.5. The molecule has 1 aromatic heterocycles. The standard InChI is InChI=1S/C12H23N5/c1-11(10-17-8-6-7-14-17)9-13-12(15(2)3)16(4)5/h6-8,11H,9-10H2,1-5H3. The van der Waals surface area contributed by atoms with Gasteiger partial charge in [0.05, 0.1) is 0 Å². The van der Waals surface area contributed by atoms with E-state index in [4.69, 9.17) is 0 Å². The number of aliphatic imine (C=N–C) groups is 1. The lowest BCUT2D eigenvalue weighted by atomic mass is 10.2. The Morgan fingerprint density at radius 1 is 1.29 bits per heavy atom. The first kappa shape index (κ1) is 13.5. The Labute approximate surface area is 104 Å². The summed E-state index contributed by atoms with van der Waals surface area (Å²) in [6.07, 6.45) is 3.79. The highest BCUT2D eigenvalue weighted by Gasteiger charge is 2.07. The van der Waals surface area contributed by atoms with Gasteiger partial charge in [-0.3, -0.25) is 9.67 Å². The van der Waals surface area contributed by atoms with Crippen LogP contribution in [0.5, 0.6) is 0 Å². The molecule has 0 spiro atoms. The minimum absolute atomic E-state index is 0.477. The fraction of sp³-hybridized carbons (Fsp3) is 0.667. The van der Waals surface area contributed by atoms with Crippen LogP contribution >= 0.6 is 0 Å². The molecule has 0 saturated heterocycles. The second kappa shape index (κ2) is 6.27. The lowest BCUT2D eigenvalue weighted by molar-refractivity contribution is 0.440. The van der Waals surface area contributed by atoms with E-state index in [0.717, 1.165) is 19.0 Å². The SMILES string of the molecule is CC(CN=C(N(C)C)N(C)C)Cn1cccn1. The number of hydrogen-bond acceptors (Lipinski definition) is 2. The predicted molar refractivity (Wildman–Crippen MR) is 71.1 cm³/mol. The lowest BCUT2D eigenvalue weighted by Crippen LogP contribution is -2.36. The quantitative estimate of drug-likeness (QED) is 0.579. The molecule has 17 heavy (non-hydrogen) atoms. The van der Waals surface area contributed by atoms with Gasteiger partial charge in [0.1, 0.15) is 0 Å². The Balaban J connectivity index is 2.50. The maximum Gasteiger partial charge on any atom is 0.195 e. The van der Waals surface area contributed by atoms with Crippen LogP contribution in [0.1, 0.15) is 6.92 Å². The maximum atomic E-state index is 4.63. The summed E-state index contributed by atoms with van der Waals surface area (Å²) in [5.41, 5.74) is 0. The van der Waals surface area contributed by atoms with E-state index in [-0.39, 0.29) is 0 Å². The van der Waals surface area contributed by atoms with E-state index in [0.29, 0.717) is 5.92 Å². The van der Waals surface area contributed by atoms with Gasteiger partial charge in [0, 0.05) is 53.7 Å². The topological polar surface area (TPSA) is 36.7 Å². The van der Waals surface area contributed by atoms with Gasteiger partial charge in [0.2, 0.25) is 0 Å². The third kappa shape index (κ3) is 4.46. The van der Waals surface area contributed by atoms with Gasteiger partial charge in [-0.2, -0.15) is 5.10 Å². The van der Waals surface area contributed by atoms with Crippen molar-refractivity contribution in [3.63, 3.8) is 0 Å². The highest BCUT2D eigenvalue weighted by atomic mass is 15.3. The fourth-order valence-corrected chi connectivity index (χ4v) is 1.71. The average molecular weight is 237 g/mol. The largest absolute Gasteiger partial charge is 0.349 e. The first-order chi connectivity index (χ1) is 8.00. The monoisotopic (exact) mass is 237 g/mol. The molecule has 0 aliphatic carbocycles. The minimum atomic E-state index is 0.477. The molecule has 0 bridgehead atoms. The van der Waals surface area contributed by atoms with Crippen molar-refractivity contribution in [2.24, 2.45) is 10.9 Å². The van der Waals surface area contributed by atoms with Crippen LogP contribution in [0.15, 0.2) is 23.5 Å². The number of nitrogens with zero attached hydrogens (tertiary/aromatic N) is 5. The summed E-state index contributed by atoms with van der Waals surface area (Å²) in [7, 11) is 8.04. The van der Waals surface area contributed by atoms with Gasteiger partial charge in [-0.05, 0) is 12.0 Å². The maximum absolute atomic E-state index is 4.63. The first-order valence-electron chi connectivity index (χ1n) is 5.87. The highest BCUT2D eigenvalue weighted by molar-refractivity contribution is 5.79. The van der Waals surface area contributed by atoms with Crippen molar-refractivity contribution in [2.45, 2.75) is 13.5 Å². The third-order valence-corrected chi connectivity index (χ3v) is 2.40. The molecule has 0 saturated carbocycles. The zero-order valence-electron chi connectivity index (χ0n) is 11.5. The highest BCUT2D eigenvalue weighted by Crippen LogP contribution is 2.01. The molecule has 0 aromatic carbocycles. The Hall–Kier alpha value is -1.52. The van der Waals surface area contributed by atoms with Crippen LogP contribution in [0.2, 0.25) is 0 Å². The van der Waals surface area contributed by atoms with Gasteiger partial charge < -0.3 is 9.80 Å². The minimum Gasteiger partial charge on any atom is -0.349 e. The summed E-state index contributed by atoms with van der Waals surface area (Å²) in [6, 6.07) is 1.95. The molecule has 0 N–H and O–H groups in total. The Kier molecular flexibility index (Phi) is 5.00. The molecule has 0 aliphatic rings. The molecule has 5 heteroatoms. The Morgan fingerprint density at radius 2 is 1.94 bits per heavy atom. The van der Waals surface area contributed by atoms with Crippen molar-refractivity contribution in [1.29, 1.82) is 0 Å². The Morgan fingerprint density at radius 3 is 2.41 bits per heavy atom. The van der Waals surface area contributed by atoms with Crippen molar-refractivity contribution in [2.75, 3.05) is 34.7 Å². The molecule has 1 atom stereocenters. The summed E-state index contributed by atoms with van der Waals surface area (Å²) < 4.78 is 1.95. The zero-order chi connectivity index (χ0) is 12.8. The van der Waals surface area contributed by atoms with Crippen LogP contribution < -0.4 is 0 Å². The molecule has 0 aliphatic heterocycles. The van der Waals surface area contributed by atoms with Crippen molar-refractivity contribution in [3.8, 4) is 0 Å². The van der Waals surface area contributed by atoms with Crippen molar-refractivity contribution in [3.05, 3.63) is 18.5 Å². The molecule has 0 radical (unpaired) electrons. The number of rotatable bonds is 4. The van der Waals surface area contributed by atoms with Crippen LogP contribution in [0, 0.1) is 5.92 Å². The summed E-state index contributed by atoms with van der Waals surface area (Å²) >= 11 is 0. The molecule has 0 amide bonds. The number of guanidine groups is 1. The molecule has 1 unspecified atom stereocenters. The summed E-state index contributed by atoms with van der Waals surface area (Å²) in [6.45, 7) is 3.91. The van der Waals surface area contributed by atoms with E-state index >= 15 is 0 Å². The van der Waals surface area contributed by atoms with Crippen molar-refractivity contribution in [1.82, 2.24) is 19.6 Å². The first-order valence-corrected chi connectivity index (χ1v) is 5.87. The summed E-state index contributed by atoms with van der Waals surface area (Å²) in [5.74, 6) is 1.47. The van der Waals surface area contributed by atoms with Crippen LogP contribution in [0.3, 0.4) is 0 Å². The van der Waals surface area contributed by atoms with Crippen LogP contribution in [-0.2, 0) is 6.54 Å². The van der Waals surface area contributed by atoms with Crippen LogP contribution in [0.25, 0.3) is 0 Å². The van der Waals surface area contributed by atoms with E-state index in [1.54, 1.807) is 6.20 Å². The van der Waals surface area contributed by atoms with Gasteiger partial charge in [-0.15, -0.1) is 0 Å². The van der Waals surface area contributed by atoms with E-state index in [1.165, 1.54) is 0 Å². The third-order valence-electron chi connectivity index (χ3n) is 2.40. The molecule has 1 heterocycles. The molecule has 1 aromatic rings. The van der Waals surface area contributed by atoms with E-state index < -0.39 is 0 Å². The van der Waals surface area contributed by atoms with Crippen LogP contribution in [0.4, 0.5) is 0 Å². The smallest absolute Gasteiger partial charge is 0.195 e. The Bertz CT molecular complexity index is 330.